The molecule has 0 aliphatic carbocycles. The van der Waals surface area contributed by atoms with Crippen molar-refractivity contribution in [3.8, 4) is 0 Å². The molecule has 4 amide bonds. The maximum absolute atomic E-state index is 12.6. The lowest BCUT2D eigenvalue weighted by Gasteiger charge is -2.24. The molecule has 0 fully saturated rings. The molecule has 3 rings (SSSR count). The highest BCUT2D eigenvalue weighted by atomic mass is 32.1. The van der Waals surface area contributed by atoms with Crippen molar-refractivity contribution in [3.63, 3.8) is 0 Å². The fourth-order valence-corrected chi connectivity index (χ4v) is 4.48. The molecule has 0 saturated carbocycles. The Morgan fingerprint density at radius 1 is 0.868 bits per heavy atom. The number of hydrogen-bond acceptors (Lipinski definition) is 6. The minimum atomic E-state index is -0.492. The third-order valence-corrected chi connectivity index (χ3v) is 6.53. The molecular formula is C28H35N5O4S. The number of nitrogens with zero attached hydrogens (tertiary/aromatic N) is 1. The Balaban J connectivity index is 1.62. The predicted octanol–water partition coefficient (Wildman–Crippen LogP) is 3.81. The molecule has 0 aliphatic rings. The van der Waals surface area contributed by atoms with Gasteiger partial charge in [-0.3, -0.25) is 9.78 Å². The van der Waals surface area contributed by atoms with E-state index in [-0.39, 0.29) is 37.2 Å². The minimum Gasteiger partial charge on any atom is -0.444 e. The number of alkyl carbamates (subject to hydrolysis) is 1. The highest BCUT2D eigenvalue weighted by Gasteiger charge is 2.19. The van der Waals surface area contributed by atoms with E-state index in [9.17, 15) is 14.4 Å². The molecule has 4 N–H and O–H groups in total. The van der Waals surface area contributed by atoms with Gasteiger partial charge in [0, 0.05) is 24.8 Å². The van der Waals surface area contributed by atoms with Gasteiger partial charge in [-0.05, 0) is 43.7 Å². The smallest absolute Gasteiger partial charge is 0.407 e. The van der Waals surface area contributed by atoms with Crippen molar-refractivity contribution in [3.05, 3.63) is 88.4 Å². The van der Waals surface area contributed by atoms with E-state index in [1.807, 2.05) is 67.6 Å². The number of amides is 4. The quantitative estimate of drug-likeness (QED) is 0.249. The zero-order chi connectivity index (χ0) is 27.0. The third-order valence-electron chi connectivity index (χ3n) is 5.78. The molecule has 1 heterocycles. The normalized spacial score (nSPS) is 12.1. The van der Waals surface area contributed by atoms with Gasteiger partial charge in [0.2, 0.25) is 5.91 Å². The lowest BCUT2D eigenvalue weighted by atomic mass is 9.96. The van der Waals surface area contributed by atoms with Crippen LogP contribution in [0.3, 0.4) is 0 Å². The van der Waals surface area contributed by atoms with Crippen LogP contribution in [0, 0.1) is 0 Å². The molecule has 3 aromatic rings. The summed E-state index contributed by atoms with van der Waals surface area (Å²) in [7, 11) is 0. The number of urea groups is 1. The summed E-state index contributed by atoms with van der Waals surface area (Å²) in [5.41, 5.74) is 3.88. The van der Waals surface area contributed by atoms with Gasteiger partial charge in [0.05, 0.1) is 16.9 Å². The number of hydrogen-bond donors (Lipinski definition) is 4. The zero-order valence-corrected chi connectivity index (χ0v) is 22.3. The lowest BCUT2D eigenvalue weighted by Crippen LogP contribution is -2.46. The highest BCUT2D eigenvalue weighted by Crippen LogP contribution is 2.14. The second-order valence-corrected chi connectivity index (χ2v) is 9.79. The van der Waals surface area contributed by atoms with Crippen LogP contribution in [-0.2, 0) is 29.0 Å². The maximum Gasteiger partial charge on any atom is 0.407 e. The fraction of sp³-hybridized carbons (Fsp3) is 0.357. The maximum atomic E-state index is 12.6. The number of carbonyl (C=O) groups excluding carboxylic acids is 3. The average Bonchev–Trinajstić information content (AvgIpc) is 3.44. The van der Waals surface area contributed by atoms with Crippen molar-refractivity contribution in [2.45, 2.75) is 51.3 Å². The Kier molecular flexibility index (Phi) is 12.1. The van der Waals surface area contributed by atoms with Crippen LogP contribution in [0.4, 0.5) is 9.59 Å². The van der Waals surface area contributed by atoms with Crippen molar-refractivity contribution in [2.24, 2.45) is 0 Å². The van der Waals surface area contributed by atoms with Gasteiger partial charge in [-0.25, -0.2) is 9.59 Å². The summed E-state index contributed by atoms with van der Waals surface area (Å²) < 4.78 is 5.40. The Morgan fingerprint density at radius 3 is 2.03 bits per heavy atom. The van der Waals surface area contributed by atoms with Crippen molar-refractivity contribution in [1.82, 2.24) is 26.3 Å². The Labute approximate surface area is 227 Å². The van der Waals surface area contributed by atoms with E-state index < -0.39 is 6.09 Å². The number of carbonyl (C=O) groups is 3. The summed E-state index contributed by atoms with van der Waals surface area (Å²) >= 11 is 1.43. The molecule has 0 radical (unpaired) electrons. The molecule has 0 bridgehead atoms. The summed E-state index contributed by atoms with van der Waals surface area (Å²) in [5, 5.41) is 11.2. The van der Waals surface area contributed by atoms with Crippen molar-refractivity contribution in [1.29, 1.82) is 0 Å². The standard InChI is InChI=1S/C28H35N5O4S/c1-2-30-27(35)31-18-26(34)32-23(15-21-9-5-3-6-10-21)13-14-24(16-22-11-7-4-8-12-22)33-28(36)37-19-25-17-29-20-38-25/h3-12,17,20,23-24H,2,13-16,18-19H2,1H3,(H,32,34)(H,33,36)(H2,30,31,35). The Morgan fingerprint density at radius 2 is 1.47 bits per heavy atom. The van der Waals surface area contributed by atoms with Gasteiger partial charge in [0.15, 0.2) is 0 Å². The molecule has 38 heavy (non-hydrogen) atoms. The van der Waals surface area contributed by atoms with Crippen LogP contribution in [-0.4, -0.2) is 48.2 Å². The summed E-state index contributed by atoms with van der Waals surface area (Å²) in [4.78, 5) is 41.8. The van der Waals surface area contributed by atoms with Crippen LogP contribution in [0.15, 0.2) is 72.4 Å². The molecule has 0 aliphatic heterocycles. The van der Waals surface area contributed by atoms with E-state index in [0.717, 1.165) is 16.0 Å². The van der Waals surface area contributed by atoms with Gasteiger partial charge in [0.25, 0.3) is 0 Å². The molecule has 1 aromatic heterocycles. The van der Waals surface area contributed by atoms with Crippen LogP contribution in [0.5, 0.6) is 0 Å². The first-order valence-electron chi connectivity index (χ1n) is 12.7. The number of nitrogens with one attached hydrogen (secondary N) is 4. The van der Waals surface area contributed by atoms with Crippen molar-refractivity contribution in [2.75, 3.05) is 13.1 Å². The van der Waals surface area contributed by atoms with Crippen LogP contribution >= 0.6 is 11.3 Å². The molecule has 2 unspecified atom stereocenters. The molecule has 9 nitrogen and oxygen atoms in total. The molecule has 202 valence electrons. The van der Waals surface area contributed by atoms with E-state index in [1.165, 1.54) is 11.3 Å². The largest absolute Gasteiger partial charge is 0.444 e. The molecular weight excluding hydrogens is 502 g/mol. The number of aromatic nitrogens is 1. The van der Waals surface area contributed by atoms with E-state index in [1.54, 1.807) is 11.7 Å². The Hall–Kier alpha value is -3.92. The highest BCUT2D eigenvalue weighted by molar-refractivity contribution is 7.09. The van der Waals surface area contributed by atoms with E-state index >= 15 is 0 Å². The van der Waals surface area contributed by atoms with Crippen molar-refractivity contribution >= 4 is 29.4 Å². The number of thiazole rings is 1. The van der Waals surface area contributed by atoms with E-state index in [4.69, 9.17) is 4.74 Å². The molecule has 10 heteroatoms. The first-order chi connectivity index (χ1) is 18.5. The summed E-state index contributed by atoms with van der Waals surface area (Å²) in [6, 6.07) is 19.1. The lowest BCUT2D eigenvalue weighted by molar-refractivity contribution is -0.120. The summed E-state index contributed by atoms with van der Waals surface area (Å²) in [6.45, 7) is 2.34. The molecule has 0 saturated heterocycles. The fourth-order valence-electron chi connectivity index (χ4n) is 3.97. The van der Waals surface area contributed by atoms with Gasteiger partial charge in [-0.2, -0.15) is 0 Å². The van der Waals surface area contributed by atoms with Gasteiger partial charge < -0.3 is 26.0 Å². The van der Waals surface area contributed by atoms with Gasteiger partial charge >= 0.3 is 12.1 Å². The SMILES string of the molecule is CCNC(=O)NCC(=O)NC(CCC(Cc1ccccc1)NC(=O)OCc1cncs1)Cc1ccccc1. The predicted molar refractivity (Wildman–Crippen MR) is 148 cm³/mol. The van der Waals surface area contributed by atoms with Crippen LogP contribution < -0.4 is 21.3 Å². The number of rotatable bonds is 14. The number of ether oxygens (including phenoxy) is 1. The van der Waals surface area contributed by atoms with Gasteiger partial charge in [-0.15, -0.1) is 11.3 Å². The zero-order valence-electron chi connectivity index (χ0n) is 21.5. The second kappa shape index (κ2) is 16.0. The molecule has 2 atom stereocenters. The Bertz CT molecular complexity index is 1110. The topological polar surface area (TPSA) is 121 Å². The van der Waals surface area contributed by atoms with Crippen LogP contribution in [0.1, 0.15) is 35.8 Å². The van der Waals surface area contributed by atoms with Gasteiger partial charge in [-0.1, -0.05) is 60.7 Å². The van der Waals surface area contributed by atoms with Crippen LogP contribution in [0.25, 0.3) is 0 Å². The molecule has 0 spiro atoms. The first-order valence-corrected chi connectivity index (χ1v) is 13.6. The monoisotopic (exact) mass is 537 g/mol. The first kappa shape index (κ1) is 28.6. The second-order valence-electron chi connectivity index (χ2n) is 8.82. The van der Waals surface area contributed by atoms with Gasteiger partial charge in [0.1, 0.15) is 6.61 Å². The van der Waals surface area contributed by atoms with Crippen molar-refractivity contribution < 1.29 is 19.1 Å². The molecule has 2 aromatic carbocycles. The average molecular weight is 538 g/mol. The third kappa shape index (κ3) is 11.0. The summed E-state index contributed by atoms with van der Waals surface area (Å²) in [6.07, 6.45) is 3.68. The van der Waals surface area contributed by atoms with E-state index in [2.05, 4.69) is 26.3 Å². The minimum absolute atomic E-state index is 0.118. The summed E-state index contributed by atoms with van der Waals surface area (Å²) in [5.74, 6) is -0.270. The van der Waals surface area contributed by atoms with E-state index in [0.29, 0.717) is 32.2 Å². The number of benzene rings is 2. The van der Waals surface area contributed by atoms with Crippen LogP contribution in [0.2, 0.25) is 0 Å².